The first-order valence-electron chi connectivity index (χ1n) is 6.26. The maximum Gasteiger partial charge on any atom is 0.322 e. The van der Waals surface area contributed by atoms with Gasteiger partial charge < -0.3 is 10.1 Å². The minimum Gasteiger partial charge on any atom is -0.375 e. The second kappa shape index (κ2) is 5.01. The molecule has 2 rings (SSSR count). The van der Waals surface area contributed by atoms with E-state index in [0.29, 0.717) is 0 Å². The first kappa shape index (κ1) is 13.5. The van der Waals surface area contributed by atoms with E-state index in [1.807, 2.05) is 45.0 Å². The van der Waals surface area contributed by atoms with Gasteiger partial charge in [0.25, 0.3) is 5.91 Å². The second-order valence-electron chi connectivity index (χ2n) is 5.04. The lowest BCUT2D eigenvalue weighted by Gasteiger charge is -2.27. The zero-order valence-electron chi connectivity index (χ0n) is 11.3. The number of rotatable bonds is 4. The van der Waals surface area contributed by atoms with Gasteiger partial charge in [0.15, 0.2) is 5.54 Å². The van der Waals surface area contributed by atoms with Crippen molar-refractivity contribution < 1.29 is 14.3 Å². The van der Waals surface area contributed by atoms with Gasteiger partial charge >= 0.3 is 6.03 Å². The number of benzene rings is 1. The summed E-state index contributed by atoms with van der Waals surface area (Å²) in [5.41, 5.74) is 0.625. The second-order valence-corrected chi connectivity index (χ2v) is 5.04. The quantitative estimate of drug-likeness (QED) is 0.807. The molecule has 1 saturated heterocycles. The summed E-state index contributed by atoms with van der Waals surface area (Å²) in [6.45, 7) is 5.83. The van der Waals surface area contributed by atoms with Gasteiger partial charge in [0, 0.05) is 0 Å². The molecule has 0 saturated carbocycles. The molecule has 0 radical (unpaired) electrons. The number of nitrogens with one attached hydrogen (secondary N) is 2. The number of hydrogen-bond acceptors (Lipinski definition) is 3. The molecule has 0 aromatic heterocycles. The van der Waals surface area contributed by atoms with E-state index in [1.165, 1.54) is 0 Å². The molecule has 0 bridgehead atoms. The third-order valence-corrected chi connectivity index (χ3v) is 3.09. The Hall–Kier alpha value is -1.88. The number of carbonyl (C=O) groups excluding carboxylic acids is 2. The van der Waals surface area contributed by atoms with Gasteiger partial charge in [-0.15, -0.1) is 0 Å². The number of aryl methyl sites for hydroxylation is 1. The van der Waals surface area contributed by atoms with E-state index in [0.717, 1.165) is 11.1 Å². The molecule has 1 unspecified atom stereocenters. The van der Waals surface area contributed by atoms with Gasteiger partial charge in [-0.25, -0.2) is 4.79 Å². The summed E-state index contributed by atoms with van der Waals surface area (Å²) in [4.78, 5) is 23.6. The van der Waals surface area contributed by atoms with Crippen molar-refractivity contribution in [1.82, 2.24) is 10.6 Å². The molecule has 0 spiro atoms. The molecular formula is C14H18N2O3. The summed E-state index contributed by atoms with van der Waals surface area (Å²) < 4.78 is 5.57. The molecule has 1 aromatic rings. The molecule has 1 aliphatic rings. The zero-order valence-corrected chi connectivity index (χ0v) is 11.3. The molecule has 1 aromatic carbocycles. The smallest absolute Gasteiger partial charge is 0.322 e. The Kier molecular flexibility index (Phi) is 3.57. The van der Waals surface area contributed by atoms with Crippen LogP contribution in [0, 0.1) is 6.92 Å². The van der Waals surface area contributed by atoms with E-state index in [-0.39, 0.29) is 18.6 Å². The normalized spacial score (nSPS) is 22.5. The summed E-state index contributed by atoms with van der Waals surface area (Å²) in [6, 6.07) is 7.02. The highest BCUT2D eigenvalue weighted by Gasteiger charge is 2.48. The summed E-state index contributed by atoms with van der Waals surface area (Å²) in [7, 11) is 0. The van der Waals surface area contributed by atoms with Crippen molar-refractivity contribution in [2.75, 3.05) is 6.61 Å². The topological polar surface area (TPSA) is 67.4 Å². The van der Waals surface area contributed by atoms with Crippen molar-refractivity contribution in [3.8, 4) is 0 Å². The van der Waals surface area contributed by atoms with Crippen LogP contribution in [0.2, 0.25) is 0 Å². The Morgan fingerprint density at radius 1 is 1.32 bits per heavy atom. The Morgan fingerprint density at radius 2 is 2.05 bits per heavy atom. The lowest BCUT2D eigenvalue weighted by molar-refractivity contribution is -0.127. The Balaban J connectivity index is 2.39. The largest absolute Gasteiger partial charge is 0.375 e. The monoisotopic (exact) mass is 262 g/mol. The van der Waals surface area contributed by atoms with Crippen LogP contribution in [0.5, 0.6) is 0 Å². The van der Waals surface area contributed by atoms with E-state index in [9.17, 15) is 9.59 Å². The van der Waals surface area contributed by atoms with E-state index >= 15 is 0 Å². The van der Waals surface area contributed by atoms with Crippen LogP contribution in [0.1, 0.15) is 25.0 Å². The molecule has 5 heteroatoms. The summed E-state index contributed by atoms with van der Waals surface area (Å²) >= 11 is 0. The molecule has 1 heterocycles. The molecule has 1 atom stereocenters. The van der Waals surface area contributed by atoms with Crippen LogP contribution in [0.4, 0.5) is 4.79 Å². The van der Waals surface area contributed by atoms with E-state index < -0.39 is 11.6 Å². The average Bonchev–Trinajstić information content (AvgIpc) is 2.62. The highest BCUT2D eigenvalue weighted by atomic mass is 16.5. The summed E-state index contributed by atoms with van der Waals surface area (Å²) in [5.74, 6) is -0.372. The maximum atomic E-state index is 12.2. The number of hydrogen-bond donors (Lipinski definition) is 2. The Bertz CT molecular complexity index is 513. The SMILES string of the molecule is Cc1cccc(C2(COC(C)C)NC(=O)NC2=O)c1. The van der Waals surface area contributed by atoms with Crippen LogP contribution in [-0.4, -0.2) is 24.6 Å². The lowest BCUT2D eigenvalue weighted by Crippen LogP contribution is -2.48. The number of urea groups is 1. The number of ether oxygens (including phenoxy) is 1. The minimum absolute atomic E-state index is 0.0213. The van der Waals surface area contributed by atoms with Gasteiger partial charge in [0.05, 0.1) is 12.7 Å². The Morgan fingerprint density at radius 3 is 2.58 bits per heavy atom. The van der Waals surface area contributed by atoms with Crippen molar-refractivity contribution in [3.63, 3.8) is 0 Å². The Labute approximate surface area is 112 Å². The third kappa shape index (κ3) is 2.61. The van der Waals surface area contributed by atoms with E-state index in [2.05, 4.69) is 10.6 Å². The summed E-state index contributed by atoms with van der Waals surface area (Å²) in [5, 5.41) is 4.97. The fourth-order valence-corrected chi connectivity index (χ4v) is 2.08. The average molecular weight is 262 g/mol. The molecular weight excluding hydrogens is 244 g/mol. The van der Waals surface area contributed by atoms with E-state index in [1.54, 1.807) is 0 Å². The van der Waals surface area contributed by atoms with Crippen LogP contribution in [0.3, 0.4) is 0 Å². The van der Waals surface area contributed by atoms with Gasteiger partial charge in [0.2, 0.25) is 0 Å². The zero-order chi connectivity index (χ0) is 14.0. The van der Waals surface area contributed by atoms with Crippen molar-refractivity contribution >= 4 is 11.9 Å². The predicted molar refractivity (Wildman–Crippen MR) is 70.6 cm³/mol. The van der Waals surface area contributed by atoms with Crippen molar-refractivity contribution in [2.24, 2.45) is 0 Å². The molecule has 1 fully saturated rings. The molecule has 5 nitrogen and oxygen atoms in total. The third-order valence-electron chi connectivity index (χ3n) is 3.09. The highest BCUT2D eigenvalue weighted by Crippen LogP contribution is 2.26. The molecule has 0 aliphatic carbocycles. The minimum atomic E-state index is -1.13. The number of imide groups is 1. The number of amides is 3. The van der Waals surface area contributed by atoms with Crippen molar-refractivity contribution in [1.29, 1.82) is 0 Å². The van der Waals surface area contributed by atoms with E-state index in [4.69, 9.17) is 4.74 Å². The molecule has 2 N–H and O–H groups in total. The van der Waals surface area contributed by atoms with Gasteiger partial charge in [0.1, 0.15) is 0 Å². The van der Waals surface area contributed by atoms with Crippen LogP contribution in [-0.2, 0) is 15.1 Å². The van der Waals surface area contributed by atoms with Gasteiger partial charge in [-0.05, 0) is 26.3 Å². The predicted octanol–water partition coefficient (Wildman–Crippen LogP) is 1.45. The van der Waals surface area contributed by atoms with Crippen LogP contribution in [0.25, 0.3) is 0 Å². The van der Waals surface area contributed by atoms with Crippen LogP contribution >= 0.6 is 0 Å². The van der Waals surface area contributed by atoms with Gasteiger partial charge in [-0.2, -0.15) is 0 Å². The maximum absolute atomic E-state index is 12.2. The first-order valence-corrected chi connectivity index (χ1v) is 6.26. The van der Waals surface area contributed by atoms with Gasteiger partial charge in [-0.3, -0.25) is 10.1 Å². The molecule has 1 aliphatic heterocycles. The molecule has 102 valence electrons. The first-order chi connectivity index (χ1) is 8.94. The van der Waals surface area contributed by atoms with Crippen LogP contribution < -0.4 is 10.6 Å². The van der Waals surface area contributed by atoms with Crippen molar-refractivity contribution in [3.05, 3.63) is 35.4 Å². The standard InChI is InChI=1S/C14H18N2O3/c1-9(2)19-8-14(12(17)15-13(18)16-14)11-6-4-5-10(3)7-11/h4-7,9H,8H2,1-3H3,(H2,15,16,17,18). The van der Waals surface area contributed by atoms with Gasteiger partial charge in [-0.1, -0.05) is 29.8 Å². The number of carbonyl (C=O) groups is 2. The summed E-state index contributed by atoms with van der Waals surface area (Å²) in [6.07, 6.45) is -0.0213. The lowest BCUT2D eigenvalue weighted by atomic mass is 9.90. The van der Waals surface area contributed by atoms with Crippen LogP contribution in [0.15, 0.2) is 24.3 Å². The fraction of sp³-hybridized carbons (Fsp3) is 0.429. The fourth-order valence-electron chi connectivity index (χ4n) is 2.08. The molecule has 19 heavy (non-hydrogen) atoms. The molecule has 3 amide bonds. The van der Waals surface area contributed by atoms with Crippen molar-refractivity contribution in [2.45, 2.75) is 32.4 Å². The highest BCUT2D eigenvalue weighted by molar-refractivity contribution is 6.07.